The van der Waals surface area contributed by atoms with E-state index in [0.29, 0.717) is 12.0 Å². The van der Waals surface area contributed by atoms with Crippen LogP contribution < -0.4 is 5.32 Å². The number of hydrogen-bond donors (Lipinski definition) is 1. The lowest BCUT2D eigenvalue weighted by atomic mass is 9.90. The van der Waals surface area contributed by atoms with Crippen molar-refractivity contribution in [2.24, 2.45) is 5.92 Å². The third kappa shape index (κ3) is 2.87. The van der Waals surface area contributed by atoms with E-state index in [1.165, 1.54) is 25.7 Å². The molecule has 3 heteroatoms. The van der Waals surface area contributed by atoms with Crippen LogP contribution in [-0.4, -0.2) is 35.6 Å². The largest absolute Gasteiger partial charge is 0.298 e. The van der Waals surface area contributed by atoms with Crippen LogP contribution in [0.4, 0.5) is 0 Å². The van der Waals surface area contributed by atoms with Crippen LogP contribution >= 0.6 is 0 Å². The van der Waals surface area contributed by atoms with Crippen LogP contribution in [0.1, 0.15) is 52.9 Å². The molecule has 0 amide bonds. The van der Waals surface area contributed by atoms with E-state index in [2.05, 4.69) is 44.1 Å². The summed E-state index contributed by atoms with van der Waals surface area (Å²) in [5.41, 5.74) is -0.134. The Hall–Kier alpha value is -0.590. The number of nitrogens with zero attached hydrogens (tertiary/aromatic N) is 2. The molecule has 0 aromatic carbocycles. The predicted octanol–water partition coefficient (Wildman–Crippen LogP) is 2.53. The summed E-state index contributed by atoms with van der Waals surface area (Å²) in [6.45, 7) is 7.60. The topological polar surface area (TPSA) is 39.1 Å². The first-order valence-electron chi connectivity index (χ1n) is 7.34. The molecular formula is C15H27N3. The predicted molar refractivity (Wildman–Crippen MR) is 74.2 cm³/mol. The summed E-state index contributed by atoms with van der Waals surface area (Å²) in [5.74, 6) is 0.568. The number of rotatable bonds is 7. The van der Waals surface area contributed by atoms with E-state index >= 15 is 0 Å². The standard InChI is InChI=1S/C15H27N3/c1-5-14(2,3)18(4)11-15(10-16,12-6-7-12)17-13-8-9-13/h12-13,17H,5-9,11H2,1-4H3. The van der Waals surface area contributed by atoms with Crippen LogP contribution in [0, 0.1) is 17.2 Å². The summed E-state index contributed by atoms with van der Waals surface area (Å²) >= 11 is 0. The van der Waals surface area contributed by atoms with Crippen molar-refractivity contribution in [3.05, 3.63) is 0 Å². The molecule has 2 aliphatic rings. The molecule has 0 aromatic heterocycles. The Labute approximate surface area is 112 Å². The van der Waals surface area contributed by atoms with Gasteiger partial charge in [-0.3, -0.25) is 10.2 Å². The first-order chi connectivity index (χ1) is 8.43. The van der Waals surface area contributed by atoms with Crippen molar-refractivity contribution in [3.63, 3.8) is 0 Å². The molecule has 2 aliphatic carbocycles. The van der Waals surface area contributed by atoms with Crippen molar-refractivity contribution in [2.75, 3.05) is 13.6 Å². The first-order valence-corrected chi connectivity index (χ1v) is 7.34. The third-order valence-electron chi connectivity index (χ3n) is 4.90. The highest BCUT2D eigenvalue weighted by atomic mass is 15.2. The molecule has 3 nitrogen and oxygen atoms in total. The summed E-state index contributed by atoms with van der Waals surface area (Å²) in [5, 5.41) is 13.4. The average Bonchev–Trinajstić information content (AvgIpc) is 3.19. The van der Waals surface area contributed by atoms with Gasteiger partial charge < -0.3 is 0 Å². The van der Waals surface area contributed by atoms with Crippen LogP contribution in [0.5, 0.6) is 0 Å². The van der Waals surface area contributed by atoms with Crippen LogP contribution in [0.3, 0.4) is 0 Å². The fourth-order valence-electron chi connectivity index (χ4n) is 2.48. The van der Waals surface area contributed by atoms with Crippen molar-refractivity contribution in [3.8, 4) is 6.07 Å². The van der Waals surface area contributed by atoms with E-state index in [-0.39, 0.29) is 11.1 Å². The molecule has 18 heavy (non-hydrogen) atoms. The smallest absolute Gasteiger partial charge is 0.122 e. The third-order valence-corrected chi connectivity index (χ3v) is 4.90. The molecule has 0 bridgehead atoms. The van der Waals surface area contributed by atoms with Crippen LogP contribution in [-0.2, 0) is 0 Å². The average molecular weight is 249 g/mol. The fourth-order valence-corrected chi connectivity index (χ4v) is 2.48. The normalized spacial score (nSPS) is 23.8. The molecule has 0 spiro atoms. The molecule has 2 saturated carbocycles. The molecule has 2 rings (SSSR count). The van der Waals surface area contributed by atoms with Crippen LogP contribution in [0.25, 0.3) is 0 Å². The Balaban J connectivity index is 2.07. The van der Waals surface area contributed by atoms with E-state index in [1.54, 1.807) is 0 Å². The Bertz CT molecular complexity index is 336. The molecule has 1 N–H and O–H groups in total. The summed E-state index contributed by atoms with van der Waals surface area (Å²) in [4.78, 5) is 2.37. The molecule has 0 saturated heterocycles. The van der Waals surface area contributed by atoms with Gasteiger partial charge >= 0.3 is 0 Å². The number of nitriles is 1. The maximum atomic E-state index is 9.71. The highest BCUT2D eigenvalue weighted by Gasteiger charge is 2.49. The molecular weight excluding hydrogens is 222 g/mol. The van der Waals surface area contributed by atoms with Gasteiger partial charge in [-0.2, -0.15) is 5.26 Å². The Morgan fingerprint density at radius 2 is 1.89 bits per heavy atom. The maximum Gasteiger partial charge on any atom is 0.122 e. The summed E-state index contributed by atoms with van der Waals surface area (Å²) in [6, 6.07) is 3.22. The zero-order chi connectivity index (χ0) is 13.4. The summed E-state index contributed by atoms with van der Waals surface area (Å²) in [7, 11) is 2.16. The van der Waals surface area contributed by atoms with E-state index in [1.807, 2.05) is 0 Å². The van der Waals surface area contributed by atoms with E-state index in [4.69, 9.17) is 0 Å². The van der Waals surface area contributed by atoms with Crippen molar-refractivity contribution in [2.45, 2.75) is 70.0 Å². The monoisotopic (exact) mass is 249 g/mol. The van der Waals surface area contributed by atoms with Crippen molar-refractivity contribution in [1.82, 2.24) is 10.2 Å². The van der Waals surface area contributed by atoms with E-state index in [0.717, 1.165) is 13.0 Å². The number of likely N-dealkylation sites (N-methyl/N-ethyl adjacent to an activating group) is 1. The van der Waals surface area contributed by atoms with E-state index in [9.17, 15) is 5.26 Å². The maximum absolute atomic E-state index is 9.71. The fraction of sp³-hybridized carbons (Fsp3) is 0.933. The van der Waals surface area contributed by atoms with Gasteiger partial charge in [-0.1, -0.05) is 6.92 Å². The molecule has 0 radical (unpaired) electrons. The van der Waals surface area contributed by atoms with E-state index < -0.39 is 0 Å². The van der Waals surface area contributed by atoms with Gasteiger partial charge in [-0.05, 0) is 58.9 Å². The van der Waals surface area contributed by atoms with Crippen LogP contribution in [0.15, 0.2) is 0 Å². The lowest BCUT2D eigenvalue weighted by molar-refractivity contribution is 0.111. The second-order valence-electron chi connectivity index (χ2n) is 6.80. The SMILES string of the molecule is CCC(C)(C)N(C)CC(C#N)(NC1CC1)C1CC1. The quantitative estimate of drug-likeness (QED) is 0.753. The van der Waals surface area contributed by atoms with Gasteiger partial charge in [0.15, 0.2) is 0 Å². The molecule has 102 valence electrons. The minimum absolute atomic E-state index is 0.169. The molecule has 2 fully saturated rings. The van der Waals surface area contributed by atoms with Gasteiger partial charge in [0, 0.05) is 18.1 Å². The van der Waals surface area contributed by atoms with Crippen LogP contribution in [0.2, 0.25) is 0 Å². The first kappa shape index (κ1) is 13.8. The number of hydrogen-bond acceptors (Lipinski definition) is 3. The Morgan fingerprint density at radius 3 is 2.28 bits per heavy atom. The minimum atomic E-state index is -0.303. The van der Waals surface area contributed by atoms with Gasteiger partial charge in [0.05, 0.1) is 6.07 Å². The Morgan fingerprint density at radius 1 is 1.28 bits per heavy atom. The highest BCUT2D eigenvalue weighted by Crippen LogP contribution is 2.42. The minimum Gasteiger partial charge on any atom is -0.298 e. The lowest BCUT2D eigenvalue weighted by Gasteiger charge is -2.41. The van der Waals surface area contributed by atoms with Gasteiger partial charge in [0.25, 0.3) is 0 Å². The van der Waals surface area contributed by atoms with Crippen molar-refractivity contribution >= 4 is 0 Å². The Kier molecular flexibility index (Phi) is 3.71. The molecule has 1 unspecified atom stereocenters. The highest BCUT2D eigenvalue weighted by molar-refractivity contribution is 5.19. The zero-order valence-corrected chi connectivity index (χ0v) is 12.3. The van der Waals surface area contributed by atoms with Crippen molar-refractivity contribution < 1.29 is 0 Å². The number of nitrogens with one attached hydrogen (secondary N) is 1. The molecule has 0 aromatic rings. The van der Waals surface area contributed by atoms with Gasteiger partial charge in [0.1, 0.15) is 5.54 Å². The van der Waals surface area contributed by atoms with Gasteiger partial charge in [-0.15, -0.1) is 0 Å². The summed E-state index contributed by atoms with van der Waals surface area (Å²) in [6.07, 6.45) is 6.04. The van der Waals surface area contributed by atoms with Gasteiger partial charge in [-0.25, -0.2) is 0 Å². The molecule has 1 atom stereocenters. The molecule has 0 aliphatic heterocycles. The zero-order valence-electron chi connectivity index (χ0n) is 12.3. The second-order valence-corrected chi connectivity index (χ2v) is 6.80. The van der Waals surface area contributed by atoms with Crippen molar-refractivity contribution in [1.29, 1.82) is 5.26 Å². The second kappa shape index (κ2) is 4.83. The molecule has 0 heterocycles. The summed E-state index contributed by atoms with van der Waals surface area (Å²) < 4.78 is 0. The lowest BCUT2D eigenvalue weighted by Crippen LogP contribution is -2.58. The van der Waals surface area contributed by atoms with Gasteiger partial charge in [0.2, 0.25) is 0 Å².